The van der Waals surface area contributed by atoms with Crippen molar-refractivity contribution in [1.82, 2.24) is 15.1 Å². The lowest BCUT2D eigenvalue weighted by Gasteiger charge is -2.32. The van der Waals surface area contributed by atoms with Crippen LogP contribution in [0, 0.1) is 0 Å². The van der Waals surface area contributed by atoms with Gasteiger partial charge in [-0.05, 0) is 31.0 Å². The summed E-state index contributed by atoms with van der Waals surface area (Å²) in [6, 6.07) is 4.91. The molecule has 0 saturated carbocycles. The second-order valence-corrected chi connectivity index (χ2v) is 7.17. The first-order valence-corrected chi connectivity index (χ1v) is 9.32. The average molecular weight is 416 g/mol. The van der Waals surface area contributed by atoms with E-state index in [0.717, 1.165) is 0 Å². The monoisotopic (exact) mass is 416 g/mol. The van der Waals surface area contributed by atoms with E-state index in [9.17, 15) is 18.0 Å². The summed E-state index contributed by atoms with van der Waals surface area (Å²) in [6.07, 6.45) is -3.30. The van der Waals surface area contributed by atoms with Crippen molar-refractivity contribution in [3.63, 3.8) is 0 Å². The number of carbonyl (C=O) groups excluding carboxylic acids is 1. The zero-order valence-corrected chi connectivity index (χ0v) is 16.1. The number of carbonyl (C=O) groups is 1. The number of piperidine rings is 1. The van der Waals surface area contributed by atoms with Crippen LogP contribution >= 0.6 is 11.3 Å². The first-order valence-electron chi connectivity index (χ1n) is 8.50. The molecule has 1 N–H and O–H groups in total. The fourth-order valence-electron chi connectivity index (χ4n) is 2.95. The molecule has 28 heavy (non-hydrogen) atoms. The van der Waals surface area contributed by atoms with E-state index in [1.807, 2.05) is 0 Å². The fourth-order valence-corrected chi connectivity index (χ4v) is 3.64. The highest BCUT2D eigenvalue weighted by Gasteiger charge is 2.36. The third kappa shape index (κ3) is 4.46. The molecule has 11 heteroatoms. The number of nitrogens with one attached hydrogen (secondary N) is 1. The first-order chi connectivity index (χ1) is 13.3. The van der Waals surface area contributed by atoms with Crippen molar-refractivity contribution in [3.05, 3.63) is 28.8 Å². The highest BCUT2D eigenvalue weighted by Crippen LogP contribution is 2.34. The van der Waals surface area contributed by atoms with Crippen LogP contribution in [0.4, 0.5) is 18.3 Å². The van der Waals surface area contributed by atoms with Gasteiger partial charge in [-0.25, -0.2) is 0 Å². The number of alkyl halides is 3. The maximum Gasteiger partial charge on any atom is 0.445 e. The van der Waals surface area contributed by atoms with Crippen LogP contribution in [0.25, 0.3) is 0 Å². The number of methoxy groups -OCH3 is 2. The lowest BCUT2D eigenvalue weighted by molar-refractivity contribution is -0.138. The van der Waals surface area contributed by atoms with Gasteiger partial charge in [-0.2, -0.15) is 13.2 Å². The Hall–Kier alpha value is -2.56. The van der Waals surface area contributed by atoms with Gasteiger partial charge in [-0.1, -0.05) is 11.3 Å². The third-order valence-corrected chi connectivity index (χ3v) is 5.31. The lowest BCUT2D eigenvalue weighted by atomic mass is 10.0. The van der Waals surface area contributed by atoms with E-state index in [1.54, 1.807) is 23.1 Å². The number of aromatic nitrogens is 2. The number of benzene rings is 1. The topological polar surface area (TPSA) is 76.6 Å². The van der Waals surface area contributed by atoms with E-state index in [4.69, 9.17) is 9.47 Å². The summed E-state index contributed by atoms with van der Waals surface area (Å²) in [5.74, 6) is 0.883. The number of likely N-dealkylation sites (tertiary alicyclic amines) is 1. The van der Waals surface area contributed by atoms with Gasteiger partial charge in [0.25, 0.3) is 5.91 Å². The summed E-state index contributed by atoms with van der Waals surface area (Å²) in [5, 5.41) is 8.84. The van der Waals surface area contributed by atoms with Crippen LogP contribution in [0.1, 0.15) is 28.2 Å². The van der Waals surface area contributed by atoms with Crippen molar-refractivity contribution in [1.29, 1.82) is 0 Å². The molecule has 1 aliphatic heterocycles. The second kappa shape index (κ2) is 8.21. The van der Waals surface area contributed by atoms with Gasteiger partial charge in [0.15, 0.2) is 11.5 Å². The average Bonchev–Trinajstić information content (AvgIpc) is 3.16. The molecule has 1 fully saturated rings. The van der Waals surface area contributed by atoms with Crippen LogP contribution in [0.15, 0.2) is 18.2 Å². The summed E-state index contributed by atoms with van der Waals surface area (Å²) in [7, 11) is 3.02. The summed E-state index contributed by atoms with van der Waals surface area (Å²) in [4.78, 5) is 14.4. The minimum absolute atomic E-state index is 0.0662. The molecule has 0 spiro atoms. The molecule has 1 aromatic carbocycles. The van der Waals surface area contributed by atoms with Gasteiger partial charge in [0.05, 0.1) is 14.2 Å². The number of hydrogen-bond donors (Lipinski definition) is 1. The summed E-state index contributed by atoms with van der Waals surface area (Å²) in [6.45, 7) is 0.964. The van der Waals surface area contributed by atoms with Gasteiger partial charge in [-0.15, -0.1) is 10.2 Å². The quantitative estimate of drug-likeness (QED) is 0.806. The second-order valence-electron chi connectivity index (χ2n) is 6.19. The molecule has 7 nitrogen and oxygen atoms in total. The third-order valence-electron chi connectivity index (χ3n) is 4.41. The van der Waals surface area contributed by atoms with E-state index in [1.165, 1.54) is 14.2 Å². The maximum absolute atomic E-state index is 12.7. The van der Waals surface area contributed by atoms with Crippen LogP contribution < -0.4 is 14.8 Å². The molecule has 2 aromatic rings. The minimum atomic E-state index is -4.49. The standard InChI is InChI=1S/C17H19F3N4O3S/c1-26-12-4-3-10(9-13(12)27-2)14(25)24-7-5-11(6-8-24)21-16-23-22-15(28-16)17(18,19)20/h3-4,9,11H,5-8H2,1-2H3,(H,21,23). The van der Waals surface area contributed by atoms with E-state index >= 15 is 0 Å². The Morgan fingerprint density at radius 3 is 2.43 bits per heavy atom. The molecule has 3 rings (SSSR count). The number of nitrogens with zero attached hydrogens (tertiary/aromatic N) is 3. The van der Waals surface area contributed by atoms with E-state index < -0.39 is 11.2 Å². The molecule has 1 amide bonds. The number of ether oxygens (including phenoxy) is 2. The summed E-state index contributed by atoms with van der Waals surface area (Å²) < 4.78 is 48.2. The normalized spacial score (nSPS) is 15.4. The number of rotatable bonds is 5. The van der Waals surface area contributed by atoms with Crippen LogP contribution in [-0.2, 0) is 6.18 Å². The molecule has 2 heterocycles. The number of anilines is 1. The SMILES string of the molecule is COc1ccc(C(=O)N2CCC(Nc3nnc(C(F)(F)F)s3)CC2)cc1OC. The number of halogens is 3. The highest BCUT2D eigenvalue weighted by molar-refractivity contribution is 7.15. The van der Waals surface area contributed by atoms with Crippen LogP contribution in [0.3, 0.4) is 0 Å². The molecule has 1 aliphatic rings. The van der Waals surface area contributed by atoms with Crippen molar-refractivity contribution in [2.45, 2.75) is 25.1 Å². The fraction of sp³-hybridized carbons (Fsp3) is 0.471. The first kappa shape index (κ1) is 20.2. The van der Waals surface area contributed by atoms with Gasteiger partial charge >= 0.3 is 6.18 Å². The van der Waals surface area contributed by atoms with Crippen molar-refractivity contribution in [2.24, 2.45) is 0 Å². The largest absolute Gasteiger partial charge is 0.493 e. The Kier molecular flexibility index (Phi) is 5.92. The van der Waals surface area contributed by atoms with Gasteiger partial charge in [0.1, 0.15) is 0 Å². The van der Waals surface area contributed by atoms with E-state index in [0.29, 0.717) is 54.3 Å². The molecule has 0 bridgehead atoms. The zero-order valence-electron chi connectivity index (χ0n) is 15.2. The molecular weight excluding hydrogens is 397 g/mol. The van der Waals surface area contributed by atoms with Crippen LogP contribution in [0.5, 0.6) is 11.5 Å². The van der Waals surface area contributed by atoms with Gasteiger partial charge in [0.2, 0.25) is 10.1 Å². The predicted octanol–water partition coefficient (Wildman–Crippen LogP) is 3.29. The molecule has 0 aliphatic carbocycles. The van der Waals surface area contributed by atoms with E-state index in [2.05, 4.69) is 15.5 Å². The summed E-state index contributed by atoms with van der Waals surface area (Å²) in [5.41, 5.74) is 0.489. The predicted molar refractivity (Wildman–Crippen MR) is 97.0 cm³/mol. The Morgan fingerprint density at radius 1 is 1.18 bits per heavy atom. The zero-order chi connectivity index (χ0) is 20.3. The van der Waals surface area contributed by atoms with Crippen molar-refractivity contribution < 1.29 is 27.4 Å². The highest BCUT2D eigenvalue weighted by atomic mass is 32.1. The Bertz CT molecular complexity index is 835. The smallest absolute Gasteiger partial charge is 0.445 e. The van der Waals surface area contributed by atoms with Crippen molar-refractivity contribution >= 4 is 22.4 Å². The van der Waals surface area contributed by atoms with Crippen molar-refractivity contribution in [3.8, 4) is 11.5 Å². The Balaban J connectivity index is 1.58. The molecular formula is C17H19F3N4O3S. The molecule has 0 radical (unpaired) electrons. The van der Waals surface area contributed by atoms with Crippen molar-refractivity contribution in [2.75, 3.05) is 32.6 Å². The van der Waals surface area contributed by atoms with Crippen LogP contribution in [0.2, 0.25) is 0 Å². The molecule has 152 valence electrons. The van der Waals surface area contributed by atoms with Gasteiger partial charge in [0, 0.05) is 24.7 Å². The molecule has 1 saturated heterocycles. The number of hydrogen-bond acceptors (Lipinski definition) is 7. The number of amides is 1. The lowest BCUT2D eigenvalue weighted by Crippen LogP contribution is -2.42. The Morgan fingerprint density at radius 2 is 1.86 bits per heavy atom. The Labute approximate surface area is 163 Å². The molecule has 0 unspecified atom stereocenters. The van der Waals surface area contributed by atoms with Gasteiger partial charge in [-0.3, -0.25) is 4.79 Å². The minimum Gasteiger partial charge on any atom is -0.493 e. The molecule has 1 aromatic heterocycles. The summed E-state index contributed by atoms with van der Waals surface area (Å²) >= 11 is 0.480. The molecule has 0 atom stereocenters. The maximum atomic E-state index is 12.7. The van der Waals surface area contributed by atoms with Gasteiger partial charge < -0.3 is 19.7 Å². The van der Waals surface area contributed by atoms with Crippen LogP contribution in [-0.4, -0.2) is 54.4 Å². The van der Waals surface area contributed by atoms with E-state index in [-0.39, 0.29) is 17.1 Å².